The lowest BCUT2D eigenvalue weighted by Gasteiger charge is -2.31. The first-order chi connectivity index (χ1) is 7.31. The van der Waals surface area contributed by atoms with Crippen molar-refractivity contribution in [1.82, 2.24) is 5.32 Å². The lowest BCUT2D eigenvalue weighted by Crippen LogP contribution is -2.26. The molecule has 0 bridgehead atoms. The van der Waals surface area contributed by atoms with E-state index in [1.54, 1.807) is 0 Å². The molecule has 1 heterocycles. The van der Waals surface area contributed by atoms with E-state index in [0.717, 1.165) is 0 Å². The summed E-state index contributed by atoms with van der Waals surface area (Å²) >= 11 is 0. The fraction of sp³-hybridized carbons (Fsp3) is 0.571. The highest BCUT2D eigenvalue weighted by atomic mass is 14.9. The summed E-state index contributed by atoms with van der Waals surface area (Å²) in [4.78, 5) is 0. The molecule has 1 saturated carbocycles. The third kappa shape index (κ3) is 2.53. The number of hydrogen-bond acceptors (Lipinski definition) is 1. The van der Waals surface area contributed by atoms with Crippen LogP contribution >= 0.6 is 0 Å². The Morgan fingerprint density at radius 2 is 1.73 bits per heavy atom. The first-order valence-corrected chi connectivity index (χ1v) is 6.12. The summed E-state index contributed by atoms with van der Waals surface area (Å²) in [6.07, 6.45) is 18.8. The van der Waals surface area contributed by atoms with Crippen molar-refractivity contribution >= 4 is 0 Å². The number of allylic oxidation sites excluding steroid dienone is 5. The van der Waals surface area contributed by atoms with Crippen LogP contribution in [0.1, 0.15) is 45.4 Å². The zero-order chi connectivity index (χ0) is 10.6. The Hall–Kier alpha value is -0.980. The van der Waals surface area contributed by atoms with Gasteiger partial charge >= 0.3 is 0 Å². The van der Waals surface area contributed by atoms with Gasteiger partial charge in [-0.2, -0.15) is 0 Å². The molecular weight excluding hydrogens is 182 g/mol. The average Bonchev–Trinajstić information content (AvgIpc) is 2.60. The highest BCUT2D eigenvalue weighted by Crippen LogP contribution is 2.39. The van der Waals surface area contributed by atoms with E-state index in [1.165, 1.54) is 44.2 Å². The Kier molecular flexibility index (Phi) is 3.30. The summed E-state index contributed by atoms with van der Waals surface area (Å²) < 4.78 is 0. The third-order valence-corrected chi connectivity index (χ3v) is 3.68. The molecule has 82 valence electrons. The zero-order valence-corrected chi connectivity index (χ0v) is 9.63. The third-order valence-electron chi connectivity index (χ3n) is 3.68. The molecule has 15 heavy (non-hydrogen) atoms. The molecule has 1 aliphatic heterocycles. The van der Waals surface area contributed by atoms with Gasteiger partial charge in [-0.05, 0) is 25.0 Å². The molecule has 0 radical (unpaired) electrons. The maximum Gasteiger partial charge on any atom is 0.0206 e. The average molecular weight is 203 g/mol. The minimum Gasteiger partial charge on any atom is -0.365 e. The minimum atomic E-state index is 0.371. The van der Waals surface area contributed by atoms with Gasteiger partial charge in [0.15, 0.2) is 0 Å². The molecule has 0 aromatic heterocycles. The predicted octanol–water partition coefficient (Wildman–Crippen LogP) is 3.90. The van der Waals surface area contributed by atoms with Crippen molar-refractivity contribution in [2.24, 2.45) is 5.41 Å². The van der Waals surface area contributed by atoms with E-state index in [0.29, 0.717) is 5.41 Å². The Morgan fingerprint density at radius 3 is 2.47 bits per heavy atom. The zero-order valence-electron chi connectivity index (χ0n) is 9.63. The lowest BCUT2D eigenvalue weighted by atomic mass is 9.79. The molecule has 0 spiro atoms. The quantitative estimate of drug-likeness (QED) is 0.637. The second-order valence-corrected chi connectivity index (χ2v) is 4.94. The van der Waals surface area contributed by atoms with Crippen molar-refractivity contribution in [2.75, 3.05) is 0 Å². The maximum atomic E-state index is 3.44. The fourth-order valence-corrected chi connectivity index (χ4v) is 2.61. The number of hydrogen-bond donors (Lipinski definition) is 1. The van der Waals surface area contributed by atoms with Crippen LogP contribution in [0.25, 0.3) is 0 Å². The lowest BCUT2D eigenvalue weighted by molar-refractivity contribution is 0.329. The van der Waals surface area contributed by atoms with Crippen molar-refractivity contribution in [2.45, 2.75) is 45.4 Å². The molecule has 0 aromatic carbocycles. The normalized spacial score (nSPS) is 25.0. The summed E-state index contributed by atoms with van der Waals surface area (Å²) in [5.41, 5.74) is 1.77. The van der Waals surface area contributed by atoms with Crippen LogP contribution in [0, 0.1) is 5.41 Å². The van der Waals surface area contributed by atoms with Crippen LogP contribution in [0.3, 0.4) is 0 Å². The largest absolute Gasteiger partial charge is 0.365 e. The van der Waals surface area contributed by atoms with Gasteiger partial charge in [0.25, 0.3) is 0 Å². The molecule has 1 fully saturated rings. The fourth-order valence-electron chi connectivity index (χ4n) is 2.61. The Bertz CT molecular complexity index is 288. The smallest absolute Gasteiger partial charge is 0.0206 e. The van der Waals surface area contributed by atoms with Crippen LogP contribution in [-0.4, -0.2) is 0 Å². The molecule has 1 nitrogen and oxygen atoms in total. The van der Waals surface area contributed by atoms with Crippen molar-refractivity contribution in [3.8, 4) is 0 Å². The van der Waals surface area contributed by atoms with E-state index in [1.807, 2.05) is 6.20 Å². The van der Waals surface area contributed by atoms with Gasteiger partial charge in [0, 0.05) is 17.3 Å². The van der Waals surface area contributed by atoms with Crippen molar-refractivity contribution < 1.29 is 0 Å². The monoisotopic (exact) mass is 203 g/mol. The van der Waals surface area contributed by atoms with E-state index >= 15 is 0 Å². The maximum absolute atomic E-state index is 3.44. The van der Waals surface area contributed by atoms with Crippen LogP contribution in [0.4, 0.5) is 0 Å². The van der Waals surface area contributed by atoms with Gasteiger partial charge in [-0.1, -0.05) is 44.8 Å². The molecule has 1 N–H and O–H groups in total. The van der Waals surface area contributed by atoms with Crippen molar-refractivity contribution in [3.63, 3.8) is 0 Å². The first kappa shape index (κ1) is 10.5. The van der Waals surface area contributed by atoms with Crippen LogP contribution in [0.5, 0.6) is 0 Å². The number of nitrogens with one attached hydrogen (secondary N) is 1. The molecule has 0 unspecified atom stereocenters. The van der Waals surface area contributed by atoms with Gasteiger partial charge in [0.2, 0.25) is 0 Å². The van der Waals surface area contributed by atoms with E-state index in [4.69, 9.17) is 0 Å². The van der Waals surface area contributed by atoms with Gasteiger partial charge in [0.1, 0.15) is 0 Å². The van der Waals surface area contributed by atoms with E-state index in [9.17, 15) is 0 Å². The van der Waals surface area contributed by atoms with E-state index < -0.39 is 0 Å². The van der Waals surface area contributed by atoms with Gasteiger partial charge in [-0.3, -0.25) is 0 Å². The molecular formula is C14H21N. The molecule has 0 atom stereocenters. The molecule has 2 aliphatic rings. The van der Waals surface area contributed by atoms with Crippen LogP contribution in [0.15, 0.2) is 36.2 Å². The Morgan fingerprint density at radius 1 is 1.00 bits per heavy atom. The summed E-state index contributed by atoms with van der Waals surface area (Å²) in [6.45, 7) is 2.41. The van der Waals surface area contributed by atoms with Crippen molar-refractivity contribution in [3.05, 3.63) is 36.2 Å². The first-order valence-electron chi connectivity index (χ1n) is 6.12. The molecule has 0 aromatic rings. The Balaban J connectivity index is 2.15. The molecule has 1 heteroatoms. The predicted molar refractivity (Wildman–Crippen MR) is 65.3 cm³/mol. The van der Waals surface area contributed by atoms with Crippen molar-refractivity contribution in [1.29, 1.82) is 0 Å². The topological polar surface area (TPSA) is 12.0 Å². The van der Waals surface area contributed by atoms with E-state index in [2.05, 4.69) is 36.5 Å². The molecule has 1 aliphatic carbocycles. The Labute approximate surface area is 93.0 Å². The standard InChI is InChI=1S/C14H21N/c1-14(10-6-2-3-7-11-14)13-9-5-4-8-12-15-13/h4-5,8-9,12,15H,2-3,6-7,10-11H2,1H3. The SMILES string of the molecule is CC1(C2=CC=CC=CN2)CCCCCC1. The van der Waals surface area contributed by atoms with E-state index in [-0.39, 0.29) is 0 Å². The van der Waals surface area contributed by atoms with Crippen LogP contribution in [0.2, 0.25) is 0 Å². The summed E-state index contributed by atoms with van der Waals surface area (Å²) in [5, 5.41) is 3.44. The van der Waals surface area contributed by atoms with Crippen LogP contribution in [-0.2, 0) is 0 Å². The molecule has 0 saturated heterocycles. The highest BCUT2D eigenvalue weighted by molar-refractivity contribution is 5.25. The van der Waals surface area contributed by atoms with Gasteiger partial charge in [0.05, 0.1) is 0 Å². The van der Waals surface area contributed by atoms with Gasteiger partial charge in [-0.15, -0.1) is 0 Å². The van der Waals surface area contributed by atoms with Gasteiger partial charge < -0.3 is 5.32 Å². The summed E-state index contributed by atoms with van der Waals surface area (Å²) in [6, 6.07) is 0. The second-order valence-electron chi connectivity index (χ2n) is 4.94. The van der Waals surface area contributed by atoms with Crippen LogP contribution < -0.4 is 5.32 Å². The minimum absolute atomic E-state index is 0.371. The summed E-state index contributed by atoms with van der Waals surface area (Å²) in [5.74, 6) is 0. The molecule has 2 rings (SSSR count). The summed E-state index contributed by atoms with van der Waals surface area (Å²) in [7, 11) is 0. The number of rotatable bonds is 1. The molecule has 0 amide bonds. The second kappa shape index (κ2) is 4.69. The van der Waals surface area contributed by atoms with Gasteiger partial charge in [-0.25, -0.2) is 0 Å². The highest BCUT2D eigenvalue weighted by Gasteiger charge is 2.29.